The zero-order chi connectivity index (χ0) is 14.5. The smallest absolute Gasteiger partial charge is 0.381 e. The summed E-state index contributed by atoms with van der Waals surface area (Å²) in [6, 6.07) is 4.60. The third-order valence-electron chi connectivity index (χ3n) is 3.14. The number of carbonyl (C=O) groups is 1. The zero-order valence-electron chi connectivity index (χ0n) is 9.98. The molecule has 0 fully saturated rings. The van der Waals surface area contributed by atoms with Crippen molar-refractivity contribution in [3.8, 4) is 0 Å². The Labute approximate surface area is 111 Å². The van der Waals surface area contributed by atoms with E-state index in [0.29, 0.717) is 5.39 Å². The van der Waals surface area contributed by atoms with Crippen LogP contribution in [0.1, 0.15) is 21.6 Å². The summed E-state index contributed by atoms with van der Waals surface area (Å²) in [5.41, 5.74) is -0.143. The molecule has 3 nitrogen and oxygen atoms in total. The molecule has 1 aromatic carbocycles. The lowest BCUT2D eigenvalue weighted by molar-refractivity contribution is -0.137. The van der Waals surface area contributed by atoms with Crippen LogP contribution in [-0.4, -0.2) is 22.0 Å². The Bertz CT molecular complexity index is 750. The molecule has 0 aliphatic heterocycles. The molecule has 2 aromatic rings. The molecule has 0 bridgehead atoms. The van der Waals surface area contributed by atoms with Gasteiger partial charge in [-0.1, -0.05) is 6.07 Å². The highest BCUT2D eigenvalue weighted by atomic mass is 19.4. The van der Waals surface area contributed by atoms with E-state index < -0.39 is 23.6 Å². The van der Waals surface area contributed by atoms with E-state index in [1.807, 2.05) is 0 Å². The van der Waals surface area contributed by atoms with Gasteiger partial charge < -0.3 is 5.11 Å². The van der Waals surface area contributed by atoms with Gasteiger partial charge >= 0.3 is 6.18 Å². The second-order valence-electron chi connectivity index (χ2n) is 4.49. The second-order valence-corrected chi connectivity index (χ2v) is 4.49. The van der Waals surface area contributed by atoms with Gasteiger partial charge in [-0.2, -0.15) is 13.2 Å². The molecule has 1 atom stereocenters. The number of benzene rings is 1. The Balaban J connectivity index is 2.22. The van der Waals surface area contributed by atoms with Crippen molar-refractivity contribution in [2.75, 3.05) is 0 Å². The maximum absolute atomic E-state index is 12.6. The highest BCUT2D eigenvalue weighted by Crippen LogP contribution is 2.32. The van der Waals surface area contributed by atoms with Crippen LogP contribution in [0.5, 0.6) is 0 Å². The standard InChI is InChI=1S/C14H8F3NO2/c15-14(16,17)8-2-1-7-5-9-10(18-11(7)6-8)3-4-12(19)13(9)20/h1-6,12,19H. The predicted molar refractivity (Wildman–Crippen MR) is 66.1 cm³/mol. The molecular formula is C14H8F3NO2. The number of hydrogen-bond donors (Lipinski definition) is 1. The number of pyridine rings is 1. The van der Waals surface area contributed by atoms with Crippen molar-refractivity contribution in [1.82, 2.24) is 4.98 Å². The number of carbonyl (C=O) groups excluding carboxylic acids is 1. The molecule has 0 amide bonds. The second kappa shape index (κ2) is 4.14. The Morgan fingerprint density at radius 1 is 1.20 bits per heavy atom. The van der Waals surface area contributed by atoms with Crippen molar-refractivity contribution in [3.05, 3.63) is 47.2 Å². The van der Waals surface area contributed by atoms with Gasteiger partial charge in [-0.15, -0.1) is 0 Å². The van der Waals surface area contributed by atoms with Gasteiger partial charge in [0.1, 0.15) is 6.10 Å². The SMILES string of the molecule is O=C1c2cc3ccc(C(F)(F)F)cc3nc2C=CC1O. The van der Waals surface area contributed by atoms with E-state index in [2.05, 4.69) is 4.98 Å². The number of Topliss-reactive ketones (excluding diaryl/α,β-unsaturated/α-hetero) is 1. The van der Waals surface area contributed by atoms with Crippen molar-refractivity contribution < 1.29 is 23.1 Å². The first-order valence-corrected chi connectivity index (χ1v) is 5.79. The molecule has 102 valence electrons. The lowest BCUT2D eigenvalue weighted by atomic mass is 9.96. The van der Waals surface area contributed by atoms with Gasteiger partial charge in [-0.3, -0.25) is 4.79 Å². The summed E-state index contributed by atoms with van der Waals surface area (Å²) in [5.74, 6) is -0.503. The van der Waals surface area contributed by atoms with Gasteiger partial charge in [0.15, 0.2) is 5.78 Å². The molecule has 6 heteroatoms. The molecule has 0 saturated carbocycles. The van der Waals surface area contributed by atoms with Crippen LogP contribution in [-0.2, 0) is 6.18 Å². The van der Waals surface area contributed by atoms with Crippen LogP contribution < -0.4 is 0 Å². The minimum absolute atomic E-state index is 0.160. The van der Waals surface area contributed by atoms with Crippen molar-refractivity contribution in [2.45, 2.75) is 12.3 Å². The minimum Gasteiger partial charge on any atom is -0.381 e. The Morgan fingerprint density at radius 2 is 1.95 bits per heavy atom. The van der Waals surface area contributed by atoms with Gasteiger partial charge in [-0.25, -0.2) is 4.98 Å². The normalized spacial score (nSPS) is 18.4. The average molecular weight is 279 g/mol. The monoisotopic (exact) mass is 279 g/mol. The van der Waals surface area contributed by atoms with Crippen molar-refractivity contribution >= 4 is 22.8 Å². The molecule has 0 radical (unpaired) electrons. The number of fused-ring (bicyclic) bond motifs is 2. The summed E-state index contributed by atoms with van der Waals surface area (Å²) in [7, 11) is 0. The number of aromatic nitrogens is 1. The average Bonchev–Trinajstić information content (AvgIpc) is 2.40. The van der Waals surface area contributed by atoms with E-state index in [1.165, 1.54) is 24.3 Å². The van der Waals surface area contributed by atoms with Crippen molar-refractivity contribution in [2.24, 2.45) is 0 Å². The third-order valence-corrected chi connectivity index (χ3v) is 3.14. The number of nitrogens with zero attached hydrogens (tertiary/aromatic N) is 1. The summed E-state index contributed by atoms with van der Waals surface area (Å²) in [6.07, 6.45) is -2.97. The van der Waals surface area contributed by atoms with Crippen LogP contribution in [0.15, 0.2) is 30.3 Å². The largest absolute Gasteiger partial charge is 0.416 e. The number of rotatable bonds is 0. The van der Waals surface area contributed by atoms with Crippen LogP contribution in [0.2, 0.25) is 0 Å². The molecule has 3 rings (SSSR count). The first kappa shape index (κ1) is 12.8. The van der Waals surface area contributed by atoms with Crippen LogP contribution in [0.3, 0.4) is 0 Å². The summed E-state index contributed by atoms with van der Waals surface area (Å²) in [5, 5.41) is 9.86. The van der Waals surface area contributed by atoms with Crippen LogP contribution in [0.25, 0.3) is 17.0 Å². The summed E-state index contributed by atoms with van der Waals surface area (Å²) >= 11 is 0. The fraction of sp³-hybridized carbons (Fsp3) is 0.143. The van der Waals surface area contributed by atoms with E-state index in [4.69, 9.17) is 0 Å². The van der Waals surface area contributed by atoms with E-state index in [1.54, 1.807) is 0 Å². The van der Waals surface area contributed by atoms with Gasteiger partial charge in [0, 0.05) is 10.9 Å². The number of ketones is 1. The first-order valence-electron chi connectivity index (χ1n) is 5.79. The summed E-state index contributed by atoms with van der Waals surface area (Å²) < 4.78 is 37.9. The fourth-order valence-corrected chi connectivity index (χ4v) is 2.11. The van der Waals surface area contributed by atoms with E-state index >= 15 is 0 Å². The fourth-order valence-electron chi connectivity index (χ4n) is 2.11. The van der Waals surface area contributed by atoms with E-state index in [-0.39, 0.29) is 16.8 Å². The van der Waals surface area contributed by atoms with Gasteiger partial charge in [0.2, 0.25) is 0 Å². The lowest BCUT2D eigenvalue weighted by Gasteiger charge is -2.14. The van der Waals surface area contributed by atoms with Crippen LogP contribution in [0, 0.1) is 0 Å². The Kier molecular flexibility index (Phi) is 2.65. The quantitative estimate of drug-likeness (QED) is 0.806. The summed E-state index contributed by atoms with van der Waals surface area (Å²) in [6.45, 7) is 0. The number of hydrogen-bond acceptors (Lipinski definition) is 3. The molecule has 0 saturated heterocycles. The number of aliphatic hydroxyl groups excluding tert-OH is 1. The molecule has 1 aliphatic rings. The third kappa shape index (κ3) is 1.98. The molecule has 1 N–H and O–H groups in total. The Hall–Kier alpha value is -2.21. The highest BCUT2D eigenvalue weighted by Gasteiger charge is 2.31. The van der Waals surface area contributed by atoms with Gasteiger partial charge in [0.25, 0.3) is 0 Å². The molecule has 1 heterocycles. The predicted octanol–water partition coefficient (Wildman–Crippen LogP) is 2.82. The van der Waals surface area contributed by atoms with Crippen molar-refractivity contribution in [1.29, 1.82) is 0 Å². The molecule has 20 heavy (non-hydrogen) atoms. The number of alkyl halides is 3. The van der Waals surface area contributed by atoms with Crippen LogP contribution >= 0.6 is 0 Å². The molecule has 1 aromatic heterocycles. The van der Waals surface area contributed by atoms with Crippen molar-refractivity contribution in [3.63, 3.8) is 0 Å². The Morgan fingerprint density at radius 3 is 2.65 bits per heavy atom. The maximum atomic E-state index is 12.6. The summed E-state index contributed by atoms with van der Waals surface area (Å²) in [4.78, 5) is 15.8. The minimum atomic E-state index is -4.44. The van der Waals surface area contributed by atoms with E-state index in [9.17, 15) is 23.1 Å². The molecular weight excluding hydrogens is 271 g/mol. The highest BCUT2D eigenvalue weighted by molar-refractivity contribution is 6.07. The van der Waals surface area contributed by atoms with Crippen LogP contribution in [0.4, 0.5) is 13.2 Å². The molecule has 0 spiro atoms. The van der Waals surface area contributed by atoms with Gasteiger partial charge in [-0.05, 0) is 30.4 Å². The topological polar surface area (TPSA) is 50.2 Å². The number of aliphatic hydroxyl groups is 1. The first-order chi connectivity index (χ1) is 9.36. The molecule has 1 unspecified atom stereocenters. The zero-order valence-corrected chi connectivity index (χ0v) is 9.98. The van der Waals surface area contributed by atoms with Gasteiger partial charge in [0.05, 0.1) is 16.8 Å². The number of halogens is 3. The lowest BCUT2D eigenvalue weighted by Crippen LogP contribution is -2.22. The molecule has 1 aliphatic carbocycles. The maximum Gasteiger partial charge on any atom is 0.416 e. The van der Waals surface area contributed by atoms with E-state index in [0.717, 1.165) is 12.1 Å².